The first-order valence-electron chi connectivity index (χ1n) is 5.24. The molecule has 6 heteroatoms. The second kappa shape index (κ2) is 5.05. The summed E-state index contributed by atoms with van der Waals surface area (Å²) in [6.45, 7) is 1.04. The van der Waals surface area contributed by atoms with Gasteiger partial charge in [-0.2, -0.15) is 0 Å². The van der Waals surface area contributed by atoms with E-state index in [1.165, 1.54) is 4.90 Å². The van der Waals surface area contributed by atoms with Crippen LogP contribution < -0.4 is 10.6 Å². The quantitative estimate of drug-likeness (QED) is 0.854. The second-order valence-corrected chi connectivity index (χ2v) is 4.07. The maximum absolute atomic E-state index is 11.7. The Bertz CT molecular complexity index is 433. The minimum absolute atomic E-state index is 0.0923. The van der Waals surface area contributed by atoms with Gasteiger partial charge in [0.25, 0.3) is 0 Å². The summed E-state index contributed by atoms with van der Waals surface area (Å²) in [4.78, 5) is 24.1. The molecular formula is C11H12ClN3O2. The molecular weight excluding hydrogens is 242 g/mol. The van der Waals surface area contributed by atoms with E-state index in [0.717, 1.165) is 5.69 Å². The standard InChI is InChI=1S/C11H12ClN3O2/c12-8-1-3-9(4-2-8)14-7-10(16)15-6-5-13-11(15)17/h1-4,14H,5-7H2,(H,13,17). The number of imide groups is 1. The summed E-state index contributed by atoms with van der Waals surface area (Å²) in [7, 11) is 0. The minimum atomic E-state index is -0.326. The number of hydrogen-bond acceptors (Lipinski definition) is 3. The molecule has 90 valence electrons. The predicted octanol–water partition coefficient (Wildman–Crippen LogP) is 1.30. The van der Waals surface area contributed by atoms with E-state index in [9.17, 15) is 9.59 Å². The summed E-state index contributed by atoms with van der Waals surface area (Å²) in [5, 5.41) is 6.16. The number of rotatable bonds is 3. The van der Waals surface area contributed by atoms with Crippen LogP contribution in [0.5, 0.6) is 0 Å². The number of benzene rings is 1. The Morgan fingerprint density at radius 1 is 1.41 bits per heavy atom. The Morgan fingerprint density at radius 3 is 2.71 bits per heavy atom. The van der Waals surface area contributed by atoms with Gasteiger partial charge in [0.05, 0.1) is 6.54 Å². The molecule has 0 spiro atoms. The molecule has 1 saturated heterocycles. The van der Waals surface area contributed by atoms with Crippen molar-refractivity contribution < 1.29 is 9.59 Å². The third-order valence-corrected chi connectivity index (χ3v) is 2.70. The maximum Gasteiger partial charge on any atom is 0.324 e. The molecule has 0 aromatic heterocycles. The van der Waals surface area contributed by atoms with Crippen molar-refractivity contribution >= 4 is 29.2 Å². The Hall–Kier alpha value is -1.75. The zero-order valence-corrected chi connectivity index (χ0v) is 9.83. The van der Waals surface area contributed by atoms with Gasteiger partial charge in [-0.3, -0.25) is 9.69 Å². The number of hydrogen-bond donors (Lipinski definition) is 2. The van der Waals surface area contributed by atoms with Gasteiger partial charge < -0.3 is 10.6 Å². The predicted molar refractivity (Wildman–Crippen MR) is 65.1 cm³/mol. The van der Waals surface area contributed by atoms with Crippen molar-refractivity contribution in [1.29, 1.82) is 0 Å². The summed E-state index contributed by atoms with van der Waals surface area (Å²) in [6.07, 6.45) is 0. The highest BCUT2D eigenvalue weighted by Gasteiger charge is 2.25. The molecule has 0 aliphatic carbocycles. The van der Waals surface area contributed by atoms with Gasteiger partial charge in [-0.1, -0.05) is 11.6 Å². The average Bonchev–Trinajstić information content (AvgIpc) is 2.74. The van der Waals surface area contributed by atoms with Crippen LogP contribution in [0.4, 0.5) is 10.5 Å². The fourth-order valence-corrected chi connectivity index (χ4v) is 1.68. The van der Waals surface area contributed by atoms with Crippen molar-refractivity contribution in [2.24, 2.45) is 0 Å². The Balaban J connectivity index is 1.87. The van der Waals surface area contributed by atoms with Gasteiger partial charge in [-0.25, -0.2) is 4.79 Å². The van der Waals surface area contributed by atoms with E-state index >= 15 is 0 Å². The number of anilines is 1. The first kappa shape index (κ1) is 11.7. The van der Waals surface area contributed by atoms with Gasteiger partial charge in [0.1, 0.15) is 0 Å². The molecule has 2 N–H and O–H groups in total. The van der Waals surface area contributed by atoms with E-state index in [4.69, 9.17) is 11.6 Å². The van der Waals surface area contributed by atoms with Crippen LogP contribution in [0.2, 0.25) is 5.02 Å². The number of nitrogens with zero attached hydrogens (tertiary/aromatic N) is 1. The van der Waals surface area contributed by atoms with Crippen LogP contribution in [-0.2, 0) is 4.79 Å². The molecule has 1 fully saturated rings. The molecule has 0 saturated carbocycles. The second-order valence-electron chi connectivity index (χ2n) is 3.64. The number of carbonyl (C=O) groups excluding carboxylic acids is 2. The zero-order chi connectivity index (χ0) is 12.3. The van der Waals surface area contributed by atoms with Gasteiger partial charge in [-0.05, 0) is 24.3 Å². The lowest BCUT2D eigenvalue weighted by Crippen LogP contribution is -2.37. The van der Waals surface area contributed by atoms with Crippen molar-refractivity contribution in [3.8, 4) is 0 Å². The van der Waals surface area contributed by atoms with Gasteiger partial charge in [-0.15, -0.1) is 0 Å². The van der Waals surface area contributed by atoms with Crippen molar-refractivity contribution in [3.05, 3.63) is 29.3 Å². The van der Waals surface area contributed by atoms with E-state index in [2.05, 4.69) is 10.6 Å². The Labute approximate surface area is 104 Å². The number of amides is 3. The molecule has 5 nitrogen and oxygen atoms in total. The van der Waals surface area contributed by atoms with Gasteiger partial charge >= 0.3 is 6.03 Å². The van der Waals surface area contributed by atoms with Gasteiger partial charge in [0, 0.05) is 23.8 Å². The molecule has 0 unspecified atom stereocenters. The van der Waals surface area contributed by atoms with Gasteiger partial charge in [0.15, 0.2) is 0 Å². The molecule has 1 heterocycles. The highest BCUT2D eigenvalue weighted by Crippen LogP contribution is 2.13. The summed E-state index contributed by atoms with van der Waals surface area (Å²) >= 11 is 5.74. The van der Waals surface area contributed by atoms with Crippen molar-refractivity contribution in [2.75, 3.05) is 25.0 Å². The number of nitrogens with one attached hydrogen (secondary N) is 2. The first-order chi connectivity index (χ1) is 8.16. The van der Waals surface area contributed by atoms with E-state index < -0.39 is 0 Å². The third-order valence-electron chi connectivity index (χ3n) is 2.45. The topological polar surface area (TPSA) is 61.4 Å². The first-order valence-corrected chi connectivity index (χ1v) is 5.62. The van der Waals surface area contributed by atoms with Gasteiger partial charge in [0.2, 0.25) is 5.91 Å². The largest absolute Gasteiger partial charge is 0.376 e. The SMILES string of the molecule is O=C(CNc1ccc(Cl)cc1)N1CCNC1=O. The molecule has 0 radical (unpaired) electrons. The van der Waals surface area contributed by atoms with Crippen LogP contribution in [0.3, 0.4) is 0 Å². The van der Waals surface area contributed by atoms with E-state index in [0.29, 0.717) is 18.1 Å². The van der Waals surface area contributed by atoms with Crippen LogP contribution in [0.15, 0.2) is 24.3 Å². The van der Waals surface area contributed by atoms with Crippen molar-refractivity contribution in [2.45, 2.75) is 0 Å². The normalized spacial score (nSPS) is 14.6. The molecule has 0 bridgehead atoms. The van der Waals surface area contributed by atoms with Crippen LogP contribution >= 0.6 is 11.6 Å². The van der Waals surface area contributed by atoms with Crippen LogP contribution in [0, 0.1) is 0 Å². The van der Waals surface area contributed by atoms with E-state index in [1.54, 1.807) is 24.3 Å². The molecule has 2 rings (SSSR count). The summed E-state index contributed by atoms with van der Waals surface area (Å²) in [5.41, 5.74) is 0.794. The van der Waals surface area contributed by atoms with E-state index in [-0.39, 0.29) is 18.5 Å². The molecule has 1 aromatic rings. The van der Waals surface area contributed by atoms with Crippen LogP contribution in [0.25, 0.3) is 0 Å². The maximum atomic E-state index is 11.7. The number of urea groups is 1. The highest BCUT2D eigenvalue weighted by molar-refractivity contribution is 6.30. The molecule has 1 aliphatic rings. The lowest BCUT2D eigenvalue weighted by molar-refractivity contribution is -0.125. The Morgan fingerprint density at radius 2 is 2.12 bits per heavy atom. The Kier molecular flexibility index (Phi) is 3.49. The van der Waals surface area contributed by atoms with Crippen LogP contribution in [0.1, 0.15) is 0 Å². The fourth-order valence-electron chi connectivity index (χ4n) is 1.55. The lowest BCUT2D eigenvalue weighted by atomic mass is 10.3. The molecule has 0 atom stereocenters. The molecule has 3 amide bonds. The fraction of sp³-hybridized carbons (Fsp3) is 0.273. The monoisotopic (exact) mass is 253 g/mol. The third kappa shape index (κ3) is 2.88. The smallest absolute Gasteiger partial charge is 0.324 e. The minimum Gasteiger partial charge on any atom is -0.376 e. The summed E-state index contributed by atoms with van der Waals surface area (Å²) in [5.74, 6) is -0.241. The number of carbonyl (C=O) groups is 2. The average molecular weight is 254 g/mol. The summed E-state index contributed by atoms with van der Waals surface area (Å²) < 4.78 is 0. The molecule has 1 aromatic carbocycles. The highest BCUT2D eigenvalue weighted by atomic mass is 35.5. The van der Waals surface area contributed by atoms with Crippen molar-refractivity contribution in [1.82, 2.24) is 10.2 Å². The number of halogens is 1. The summed E-state index contributed by atoms with van der Waals surface area (Å²) in [6, 6.07) is 6.70. The zero-order valence-electron chi connectivity index (χ0n) is 9.07. The van der Waals surface area contributed by atoms with Crippen molar-refractivity contribution in [3.63, 3.8) is 0 Å². The molecule has 1 aliphatic heterocycles. The van der Waals surface area contributed by atoms with E-state index in [1.807, 2.05) is 0 Å². The lowest BCUT2D eigenvalue weighted by Gasteiger charge is -2.13. The van der Waals surface area contributed by atoms with Crippen LogP contribution in [-0.4, -0.2) is 36.5 Å². The molecule has 17 heavy (non-hydrogen) atoms.